The molecule has 0 aliphatic heterocycles. The standard InChI is InChI=1S/C15H21FN2O3/c1-5-21-15(20)18-13(9(2)3)14(19)17-12-8-10(4)6-7-11(12)16/h6-9,13H,5H2,1-4H3,(H,17,19)(H,18,20)/t13-/m1/s1. The lowest BCUT2D eigenvalue weighted by molar-refractivity contribution is -0.119. The molecule has 1 aromatic carbocycles. The van der Waals surface area contributed by atoms with Gasteiger partial charge in [-0.15, -0.1) is 0 Å². The fraction of sp³-hybridized carbons (Fsp3) is 0.467. The summed E-state index contributed by atoms with van der Waals surface area (Å²) in [5.41, 5.74) is 0.919. The summed E-state index contributed by atoms with van der Waals surface area (Å²) < 4.78 is 18.4. The quantitative estimate of drug-likeness (QED) is 0.878. The average Bonchev–Trinajstić information content (AvgIpc) is 2.40. The first kappa shape index (κ1) is 16.9. The van der Waals surface area contributed by atoms with Crippen LogP contribution < -0.4 is 10.6 Å². The number of nitrogens with one attached hydrogen (secondary N) is 2. The van der Waals surface area contributed by atoms with Crippen LogP contribution in [0.25, 0.3) is 0 Å². The third-order valence-electron chi connectivity index (χ3n) is 2.88. The second-order valence-corrected chi connectivity index (χ2v) is 5.06. The van der Waals surface area contributed by atoms with Gasteiger partial charge in [0.2, 0.25) is 5.91 Å². The summed E-state index contributed by atoms with van der Waals surface area (Å²) in [7, 11) is 0. The van der Waals surface area contributed by atoms with Gasteiger partial charge in [-0.3, -0.25) is 4.79 Å². The van der Waals surface area contributed by atoms with E-state index in [1.807, 2.05) is 0 Å². The van der Waals surface area contributed by atoms with Crippen molar-refractivity contribution in [3.63, 3.8) is 0 Å². The lowest BCUT2D eigenvalue weighted by atomic mass is 10.0. The van der Waals surface area contributed by atoms with Crippen LogP contribution in [0.4, 0.5) is 14.9 Å². The number of anilines is 1. The fourth-order valence-corrected chi connectivity index (χ4v) is 1.78. The van der Waals surface area contributed by atoms with Gasteiger partial charge in [0.15, 0.2) is 0 Å². The zero-order chi connectivity index (χ0) is 16.0. The molecule has 0 unspecified atom stereocenters. The molecule has 1 rings (SSSR count). The van der Waals surface area contributed by atoms with Gasteiger partial charge in [0.1, 0.15) is 11.9 Å². The molecule has 0 aromatic heterocycles. The number of ether oxygens (including phenoxy) is 1. The van der Waals surface area contributed by atoms with Crippen molar-refractivity contribution in [1.82, 2.24) is 5.32 Å². The predicted octanol–water partition coefficient (Wildman–Crippen LogP) is 2.84. The lowest BCUT2D eigenvalue weighted by Crippen LogP contribution is -2.47. The van der Waals surface area contributed by atoms with Crippen molar-refractivity contribution in [2.24, 2.45) is 5.92 Å². The van der Waals surface area contributed by atoms with Gasteiger partial charge >= 0.3 is 6.09 Å². The molecule has 1 aromatic rings. The van der Waals surface area contributed by atoms with Crippen molar-refractivity contribution in [3.8, 4) is 0 Å². The Bertz CT molecular complexity index is 518. The molecule has 2 amide bonds. The Balaban J connectivity index is 2.82. The van der Waals surface area contributed by atoms with Crippen LogP contribution in [0.15, 0.2) is 18.2 Å². The average molecular weight is 296 g/mol. The van der Waals surface area contributed by atoms with Crippen LogP contribution in [0.3, 0.4) is 0 Å². The Morgan fingerprint density at radius 1 is 1.33 bits per heavy atom. The number of alkyl carbamates (subject to hydrolysis) is 1. The van der Waals surface area contributed by atoms with Crippen LogP contribution in [0.1, 0.15) is 26.3 Å². The maximum atomic E-state index is 13.7. The van der Waals surface area contributed by atoms with Crippen molar-refractivity contribution < 1.29 is 18.7 Å². The van der Waals surface area contributed by atoms with Crippen molar-refractivity contribution in [2.75, 3.05) is 11.9 Å². The number of benzene rings is 1. The Hall–Kier alpha value is -2.11. The third-order valence-corrected chi connectivity index (χ3v) is 2.88. The van der Waals surface area contributed by atoms with Gasteiger partial charge in [-0.2, -0.15) is 0 Å². The SMILES string of the molecule is CCOC(=O)N[C@@H](C(=O)Nc1cc(C)ccc1F)C(C)C. The first-order valence-electron chi connectivity index (χ1n) is 6.85. The number of carbonyl (C=O) groups is 2. The number of amides is 2. The molecule has 0 aliphatic carbocycles. The van der Waals surface area contributed by atoms with E-state index in [0.29, 0.717) is 0 Å². The summed E-state index contributed by atoms with van der Waals surface area (Å²) in [4.78, 5) is 23.7. The molecule has 0 heterocycles. The van der Waals surface area contributed by atoms with Gasteiger partial charge in [-0.1, -0.05) is 19.9 Å². The molecule has 1 atom stereocenters. The largest absolute Gasteiger partial charge is 0.450 e. The van der Waals surface area contributed by atoms with Crippen LogP contribution in [0.2, 0.25) is 0 Å². The van der Waals surface area contributed by atoms with Crippen molar-refractivity contribution in [3.05, 3.63) is 29.6 Å². The van der Waals surface area contributed by atoms with E-state index in [0.717, 1.165) is 5.56 Å². The Kier molecular flexibility index (Phi) is 6.14. The molecule has 5 nitrogen and oxygen atoms in total. The Labute approximate surface area is 123 Å². The molecule has 116 valence electrons. The first-order chi connectivity index (χ1) is 9.85. The predicted molar refractivity (Wildman–Crippen MR) is 78.6 cm³/mol. The summed E-state index contributed by atoms with van der Waals surface area (Å²) in [5.74, 6) is -1.17. The first-order valence-corrected chi connectivity index (χ1v) is 6.85. The maximum Gasteiger partial charge on any atom is 0.407 e. The van der Waals surface area contributed by atoms with E-state index >= 15 is 0 Å². The zero-order valence-electron chi connectivity index (χ0n) is 12.7. The van der Waals surface area contributed by atoms with E-state index in [1.165, 1.54) is 12.1 Å². The molecule has 0 bridgehead atoms. The highest BCUT2D eigenvalue weighted by molar-refractivity contribution is 5.96. The maximum absolute atomic E-state index is 13.7. The minimum absolute atomic E-state index is 0.0938. The summed E-state index contributed by atoms with van der Waals surface area (Å²) in [6, 6.07) is 3.63. The molecule has 0 saturated carbocycles. The number of aryl methyl sites for hydroxylation is 1. The molecule has 6 heteroatoms. The fourth-order valence-electron chi connectivity index (χ4n) is 1.78. The van der Waals surface area contributed by atoms with Crippen LogP contribution in [-0.2, 0) is 9.53 Å². The minimum atomic E-state index is -0.802. The minimum Gasteiger partial charge on any atom is -0.450 e. The summed E-state index contributed by atoms with van der Waals surface area (Å²) in [5, 5.41) is 4.97. The van der Waals surface area contributed by atoms with Gasteiger partial charge in [0, 0.05) is 0 Å². The monoisotopic (exact) mass is 296 g/mol. The Morgan fingerprint density at radius 2 is 2.00 bits per heavy atom. The number of hydrogen-bond donors (Lipinski definition) is 2. The molecular weight excluding hydrogens is 275 g/mol. The van der Waals surface area contributed by atoms with E-state index < -0.39 is 23.9 Å². The van der Waals surface area contributed by atoms with E-state index in [1.54, 1.807) is 33.8 Å². The smallest absolute Gasteiger partial charge is 0.407 e. The van der Waals surface area contributed by atoms with Gasteiger partial charge in [0.05, 0.1) is 12.3 Å². The normalized spacial score (nSPS) is 11.9. The molecule has 0 saturated heterocycles. The number of rotatable bonds is 5. The van der Waals surface area contributed by atoms with Gasteiger partial charge < -0.3 is 15.4 Å². The Morgan fingerprint density at radius 3 is 2.57 bits per heavy atom. The van der Waals surface area contributed by atoms with Gasteiger partial charge in [-0.25, -0.2) is 9.18 Å². The van der Waals surface area contributed by atoms with Crippen molar-refractivity contribution >= 4 is 17.7 Å². The van der Waals surface area contributed by atoms with Gasteiger partial charge in [0.25, 0.3) is 0 Å². The second kappa shape index (κ2) is 7.61. The van der Waals surface area contributed by atoms with E-state index in [9.17, 15) is 14.0 Å². The number of hydrogen-bond acceptors (Lipinski definition) is 3. The highest BCUT2D eigenvalue weighted by Crippen LogP contribution is 2.16. The molecule has 0 aliphatic rings. The second-order valence-electron chi connectivity index (χ2n) is 5.06. The van der Waals surface area contributed by atoms with Crippen LogP contribution in [-0.4, -0.2) is 24.6 Å². The highest BCUT2D eigenvalue weighted by atomic mass is 19.1. The molecular formula is C15H21FN2O3. The number of halogens is 1. The molecule has 0 radical (unpaired) electrons. The van der Waals surface area contributed by atoms with Crippen LogP contribution >= 0.6 is 0 Å². The summed E-state index contributed by atoms with van der Waals surface area (Å²) in [6.45, 7) is 7.25. The zero-order valence-corrected chi connectivity index (χ0v) is 12.7. The third kappa shape index (κ3) is 5.06. The lowest BCUT2D eigenvalue weighted by Gasteiger charge is -2.21. The van der Waals surface area contributed by atoms with E-state index in [2.05, 4.69) is 10.6 Å². The summed E-state index contributed by atoms with van der Waals surface area (Å²) in [6.07, 6.45) is -0.670. The highest BCUT2D eigenvalue weighted by Gasteiger charge is 2.25. The van der Waals surface area contributed by atoms with Crippen molar-refractivity contribution in [1.29, 1.82) is 0 Å². The molecule has 0 fully saturated rings. The van der Waals surface area contributed by atoms with Gasteiger partial charge in [-0.05, 0) is 37.5 Å². The van der Waals surface area contributed by atoms with Crippen LogP contribution in [0.5, 0.6) is 0 Å². The van der Waals surface area contributed by atoms with E-state index in [-0.39, 0.29) is 18.2 Å². The molecule has 2 N–H and O–H groups in total. The van der Waals surface area contributed by atoms with Crippen molar-refractivity contribution in [2.45, 2.75) is 33.7 Å². The molecule has 0 spiro atoms. The van der Waals surface area contributed by atoms with E-state index in [4.69, 9.17) is 4.74 Å². The topological polar surface area (TPSA) is 67.4 Å². The summed E-state index contributed by atoms with van der Waals surface area (Å²) >= 11 is 0. The number of carbonyl (C=O) groups excluding carboxylic acids is 2. The molecule has 21 heavy (non-hydrogen) atoms. The van der Waals surface area contributed by atoms with Crippen LogP contribution in [0, 0.1) is 18.7 Å².